The molecule has 10 heteroatoms. The molecule has 27 heavy (non-hydrogen) atoms. The van der Waals surface area contributed by atoms with E-state index in [4.69, 9.17) is 16.3 Å². The van der Waals surface area contributed by atoms with Gasteiger partial charge in [0.2, 0.25) is 5.91 Å². The molecule has 9 atom stereocenters. The van der Waals surface area contributed by atoms with Gasteiger partial charge in [-0.3, -0.25) is 4.79 Å². The highest BCUT2D eigenvalue weighted by atomic mass is 35.5. The molecule has 0 spiro atoms. The molecule has 7 nitrogen and oxygen atoms in total. The largest absolute Gasteiger partial charge is 0.388 e. The number of aliphatic hydroxyl groups excluding tert-OH is 3. The predicted molar refractivity (Wildman–Crippen MR) is 109 cm³/mol. The van der Waals surface area contributed by atoms with Crippen LogP contribution in [0.25, 0.3) is 0 Å². The van der Waals surface area contributed by atoms with Crippen LogP contribution in [0.4, 0.5) is 0 Å². The number of rotatable bonds is 6. The Morgan fingerprint density at radius 1 is 1.33 bits per heavy atom. The Bertz CT molecular complexity index is 475. The smallest absolute Gasteiger partial charge is 0.237 e. The maximum Gasteiger partial charge on any atom is 0.237 e. The van der Waals surface area contributed by atoms with E-state index < -0.39 is 41.3 Å². The first-order valence-corrected chi connectivity index (χ1v) is 10.9. The molecule has 0 radical (unpaired) electrons. The lowest BCUT2D eigenvalue weighted by Gasteiger charge is -2.44. The minimum Gasteiger partial charge on any atom is -0.388 e. The van der Waals surface area contributed by atoms with Crippen LogP contribution in [0.15, 0.2) is 0 Å². The van der Waals surface area contributed by atoms with Gasteiger partial charge in [-0.1, -0.05) is 13.3 Å². The maximum atomic E-state index is 12.7. The Labute approximate surface area is 176 Å². The van der Waals surface area contributed by atoms with Crippen LogP contribution in [0.1, 0.15) is 33.1 Å². The van der Waals surface area contributed by atoms with Gasteiger partial charge in [-0.25, -0.2) is 0 Å². The number of alkyl halides is 1. The quantitative estimate of drug-likeness (QED) is 0.377. The Morgan fingerprint density at radius 2 is 2.00 bits per heavy atom. The number of nitrogens with one attached hydrogen (secondary N) is 2. The van der Waals surface area contributed by atoms with Gasteiger partial charge in [-0.05, 0) is 38.5 Å². The van der Waals surface area contributed by atoms with Crippen molar-refractivity contribution in [3.63, 3.8) is 0 Å². The Hall–Kier alpha value is 0.200. The molecule has 2 aliphatic heterocycles. The van der Waals surface area contributed by atoms with Gasteiger partial charge in [-0.15, -0.1) is 35.8 Å². The average Bonchev–Trinajstić information content (AvgIpc) is 2.64. The van der Waals surface area contributed by atoms with Crippen LogP contribution in [0, 0.1) is 5.92 Å². The third-order valence-electron chi connectivity index (χ3n) is 5.40. The van der Waals surface area contributed by atoms with Gasteiger partial charge in [-0.2, -0.15) is 0 Å². The second kappa shape index (κ2) is 11.4. The number of hydrogen-bond donors (Lipinski definition) is 5. The number of thioether (sulfide) groups is 1. The van der Waals surface area contributed by atoms with Crippen molar-refractivity contribution in [1.82, 2.24) is 10.6 Å². The summed E-state index contributed by atoms with van der Waals surface area (Å²) >= 11 is 7.51. The molecule has 2 heterocycles. The summed E-state index contributed by atoms with van der Waals surface area (Å²) in [6, 6.07) is -1.00. The molecule has 160 valence electrons. The molecule has 1 amide bonds. The maximum absolute atomic E-state index is 12.7. The number of aliphatic hydroxyl groups is 3. The molecular formula is C17H32Cl2N2O5S. The highest BCUT2D eigenvalue weighted by Crippen LogP contribution is 2.30. The fourth-order valence-corrected chi connectivity index (χ4v) is 4.54. The molecule has 2 rings (SSSR count). The zero-order valence-electron chi connectivity index (χ0n) is 15.9. The fraction of sp³-hybridized carbons (Fsp3) is 0.941. The lowest BCUT2D eigenvalue weighted by atomic mass is 9.89. The van der Waals surface area contributed by atoms with E-state index in [9.17, 15) is 20.1 Å². The molecule has 0 aromatic heterocycles. The van der Waals surface area contributed by atoms with Crippen molar-refractivity contribution < 1.29 is 24.9 Å². The van der Waals surface area contributed by atoms with Crippen LogP contribution < -0.4 is 10.6 Å². The van der Waals surface area contributed by atoms with E-state index in [1.807, 2.05) is 0 Å². The summed E-state index contributed by atoms with van der Waals surface area (Å²) in [7, 11) is 0. The number of ether oxygens (including phenoxy) is 1. The van der Waals surface area contributed by atoms with Crippen LogP contribution in [-0.4, -0.2) is 81.3 Å². The third-order valence-corrected chi connectivity index (χ3v) is 6.53. The third kappa shape index (κ3) is 6.09. The zero-order chi connectivity index (χ0) is 19.4. The predicted octanol–water partition coefficient (Wildman–Crippen LogP) is 0.469. The van der Waals surface area contributed by atoms with Crippen molar-refractivity contribution in [3.05, 3.63) is 0 Å². The molecular weight excluding hydrogens is 415 g/mol. The lowest BCUT2D eigenvalue weighted by Crippen LogP contribution is -2.65. The van der Waals surface area contributed by atoms with E-state index in [2.05, 4.69) is 17.6 Å². The normalized spacial score (nSPS) is 39.1. The van der Waals surface area contributed by atoms with Gasteiger partial charge >= 0.3 is 0 Å². The van der Waals surface area contributed by atoms with E-state index in [0.717, 1.165) is 25.8 Å². The first-order valence-electron chi connectivity index (χ1n) is 9.20. The van der Waals surface area contributed by atoms with E-state index >= 15 is 0 Å². The zero-order valence-corrected chi connectivity index (χ0v) is 18.3. The van der Waals surface area contributed by atoms with Gasteiger partial charge in [0.1, 0.15) is 29.9 Å². The molecule has 0 aliphatic carbocycles. The number of hydrogen-bond acceptors (Lipinski definition) is 7. The SMILES string of the molecule is CC[C@@H]1CCN[C@H](C(=O)NC([C@H](C)Cl)[C@H]2O[C@H](SC)[C@H](O)[C@@H](O)[C@H]2O)C1.Cl. The molecule has 2 fully saturated rings. The first kappa shape index (κ1) is 25.2. The van der Waals surface area contributed by atoms with Crippen LogP contribution in [0.3, 0.4) is 0 Å². The summed E-state index contributed by atoms with van der Waals surface area (Å²) in [6.07, 6.45) is -0.236. The second-order valence-corrected chi connectivity index (χ2v) is 8.82. The summed E-state index contributed by atoms with van der Waals surface area (Å²) < 4.78 is 5.77. The minimum absolute atomic E-state index is 0. The van der Waals surface area contributed by atoms with Crippen molar-refractivity contribution in [2.45, 2.75) is 80.4 Å². The Balaban J connectivity index is 0.00000364. The Morgan fingerprint density at radius 3 is 2.56 bits per heavy atom. The van der Waals surface area contributed by atoms with Crippen LogP contribution in [-0.2, 0) is 9.53 Å². The van der Waals surface area contributed by atoms with E-state index in [-0.39, 0.29) is 24.4 Å². The highest BCUT2D eigenvalue weighted by molar-refractivity contribution is 7.99. The molecule has 1 unspecified atom stereocenters. The van der Waals surface area contributed by atoms with Gasteiger partial charge in [0.05, 0.1) is 17.5 Å². The number of carbonyl (C=O) groups is 1. The fourth-order valence-electron chi connectivity index (χ4n) is 3.66. The van der Waals surface area contributed by atoms with Crippen LogP contribution in [0.5, 0.6) is 0 Å². The van der Waals surface area contributed by atoms with E-state index in [1.165, 1.54) is 11.8 Å². The number of amides is 1. The van der Waals surface area contributed by atoms with Crippen molar-refractivity contribution in [2.75, 3.05) is 12.8 Å². The van der Waals surface area contributed by atoms with Crippen LogP contribution >= 0.6 is 35.8 Å². The second-order valence-electron chi connectivity index (χ2n) is 7.19. The van der Waals surface area contributed by atoms with Gasteiger partial charge in [0, 0.05) is 0 Å². The highest BCUT2D eigenvalue weighted by Gasteiger charge is 2.48. The summed E-state index contributed by atoms with van der Waals surface area (Å²) in [4.78, 5) is 12.7. The number of halogens is 2. The van der Waals surface area contributed by atoms with Crippen molar-refractivity contribution >= 4 is 41.7 Å². The molecule has 0 aromatic rings. The number of carbonyl (C=O) groups excluding carboxylic acids is 1. The van der Waals surface area contributed by atoms with Crippen LogP contribution in [0.2, 0.25) is 0 Å². The molecule has 2 aliphatic rings. The van der Waals surface area contributed by atoms with Gasteiger partial charge in [0.15, 0.2) is 0 Å². The monoisotopic (exact) mass is 446 g/mol. The van der Waals surface area contributed by atoms with E-state index in [1.54, 1.807) is 13.2 Å². The summed E-state index contributed by atoms with van der Waals surface area (Å²) in [6.45, 7) is 4.62. The van der Waals surface area contributed by atoms with Crippen molar-refractivity contribution in [3.8, 4) is 0 Å². The minimum atomic E-state index is -1.36. The van der Waals surface area contributed by atoms with Gasteiger partial charge in [0.25, 0.3) is 0 Å². The molecule has 5 N–H and O–H groups in total. The lowest BCUT2D eigenvalue weighted by molar-refractivity contribution is -0.205. The Kier molecular flexibility index (Phi) is 10.7. The number of piperidine rings is 1. The topological polar surface area (TPSA) is 111 Å². The van der Waals surface area contributed by atoms with Crippen molar-refractivity contribution in [1.29, 1.82) is 0 Å². The van der Waals surface area contributed by atoms with Crippen molar-refractivity contribution in [2.24, 2.45) is 5.92 Å². The first-order chi connectivity index (χ1) is 12.3. The summed E-state index contributed by atoms with van der Waals surface area (Å²) in [5, 5.41) is 36.1. The molecule has 0 saturated carbocycles. The summed E-state index contributed by atoms with van der Waals surface area (Å²) in [5.41, 5.74) is -0.703. The average molecular weight is 447 g/mol. The van der Waals surface area contributed by atoms with Gasteiger partial charge < -0.3 is 30.7 Å². The molecule has 0 aromatic carbocycles. The molecule has 2 saturated heterocycles. The van der Waals surface area contributed by atoms with E-state index in [0.29, 0.717) is 5.92 Å². The summed E-state index contributed by atoms with van der Waals surface area (Å²) in [5.74, 6) is 0.325. The molecule has 0 bridgehead atoms. The standard InChI is InChI=1S/C17H31ClN2O5S.ClH/c1-4-9-5-6-19-10(7-9)16(24)20-11(8(2)18)15-13(22)12(21)14(23)17(25-15)26-3;/h8-15,17,19,21-23H,4-7H2,1-3H3,(H,20,24);1H/t8-,9+,10-,11?,12-,13+,14+,15+,17+;/m0./s1.